The van der Waals surface area contributed by atoms with E-state index in [0.29, 0.717) is 0 Å². The average molecular weight is 369 g/mol. The van der Waals surface area contributed by atoms with Gasteiger partial charge in [-0.25, -0.2) is 0 Å². The lowest BCUT2D eigenvalue weighted by Gasteiger charge is -2.36. The summed E-state index contributed by atoms with van der Waals surface area (Å²) in [5.41, 5.74) is 6.43. The predicted molar refractivity (Wildman–Crippen MR) is 117 cm³/mol. The lowest BCUT2D eigenvalue weighted by molar-refractivity contribution is 0.756. The Hall–Kier alpha value is -2.64. The zero-order valence-corrected chi connectivity index (χ0v) is 16.9. The van der Waals surface area contributed by atoms with Crippen molar-refractivity contribution in [3.63, 3.8) is 0 Å². The number of benzene rings is 3. The van der Waals surface area contributed by atoms with Gasteiger partial charge in [0.1, 0.15) is 0 Å². The first-order chi connectivity index (χ1) is 13.2. The highest BCUT2D eigenvalue weighted by molar-refractivity contribution is 7.12. The highest BCUT2D eigenvalue weighted by atomic mass is 32.1. The molecule has 0 aliphatic carbocycles. The Bertz CT molecular complexity index is 931. The van der Waals surface area contributed by atoms with Gasteiger partial charge in [0.05, 0.1) is 5.41 Å². The summed E-state index contributed by atoms with van der Waals surface area (Å²) in [5, 5.41) is 0. The molecule has 0 amide bonds. The molecule has 134 valence electrons. The first kappa shape index (κ1) is 17.8. The van der Waals surface area contributed by atoms with Gasteiger partial charge >= 0.3 is 0 Å². The van der Waals surface area contributed by atoms with E-state index in [1.165, 1.54) is 37.6 Å². The van der Waals surface area contributed by atoms with Crippen LogP contribution in [0.5, 0.6) is 0 Å². The summed E-state index contributed by atoms with van der Waals surface area (Å²) in [5.74, 6) is 0. The molecule has 0 fully saturated rings. The van der Waals surface area contributed by atoms with E-state index in [-0.39, 0.29) is 5.41 Å². The van der Waals surface area contributed by atoms with E-state index in [1.807, 2.05) is 11.3 Å². The van der Waals surface area contributed by atoms with E-state index in [2.05, 4.69) is 112 Å². The zero-order valence-electron chi connectivity index (χ0n) is 16.1. The van der Waals surface area contributed by atoms with E-state index in [0.717, 1.165) is 0 Å². The van der Waals surface area contributed by atoms with Gasteiger partial charge in [-0.2, -0.15) is 0 Å². The van der Waals surface area contributed by atoms with Gasteiger partial charge in [-0.05, 0) is 48.6 Å². The van der Waals surface area contributed by atoms with Crippen molar-refractivity contribution in [3.05, 3.63) is 129 Å². The second-order valence-corrected chi connectivity index (χ2v) is 8.31. The molecule has 4 aromatic rings. The molecule has 0 aliphatic rings. The molecule has 0 atom stereocenters. The van der Waals surface area contributed by atoms with Crippen molar-refractivity contribution >= 4 is 11.3 Å². The van der Waals surface area contributed by atoms with Gasteiger partial charge in [0.15, 0.2) is 0 Å². The topological polar surface area (TPSA) is 0 Å². The van der Waals surface area contributed by atoms with Crippen LogP contribution >= 0.6 is 11.3 Å². The van der Waals surface area contributed by atoms with Crippen LogP contribution in [-0.2, 0) is 5.41 Å². The molecule has 4 rings (SSSR count). The van der Waals surface area contributed by atoms with Crippen molar-refractivity contribution in [2.75, 3.05) is 0 Å². The molecule has 0 saturated carbocycles. The van der Waals surface area contributed by atoms with E-state index >= 15 is 0 Å². The number of hydrogen-bond acceptors (Lipinski definition) is 1. The van der Waals surface area contributed by atoms with Crippen LogP contribution in [0.25, 0.3) is 0 Å². The molecule has 3 aromatic carbocycles. The molecule has 0 nitrogen and oxygen atoms in total. The summed E-state index contributed by atoms with van der Waals surface area (Å²) in [6.45, 7) is 6.76. The van der Waals surface area contributed by atoms with Crippen molar-refractivity contribution in [1.82, 2.24) is 0 Å². The number of rotatable bonds is 4. The third kappa shape index (κ3) is 2.83. The van der Waals surface area contributed by atoms with E-state index in [1.54, 1.807) is 0 Å². The second kappa shape index (κ2) is 7.17. The molecule has 0 aliphatic heterocycles. The van der Waals surface area contributed by atoms with E-state index in [4.69, 9.17) is 0 Å². The maximum absolute atomic E-state index is 2.28. The Morgan fingerprint density at radius 3 is 1.19 bits per heavy atom. The minimum atomic E-state index is -0.308. The first-order valence-electron chi connectivity index (χ1n) is 9.39. The Morgan fingerprint density at radius 2 is 0.889 bits per heavy atom. The predicted octanol–water partition coefficient (Wildman–Crippen LogP) is 7.06. The normalized spacial score (nSPS) is 11.5. The van der Waals surface area contributed by atoms with Crippen molar-refractivity contribution in [1.29, 1.82) is 0 Å². The summed E-state index contributed by atoms with van der Waals surface area (Å²) >= 11 is 1.93. The average Bonchev–Trinajstić information content (AvgIpc) is 2.99. The second-order valence-electron chi connectivity index (χ2n) is 7.09. The largest absolute Gasteiger partial charge is 0.143 e. The van der Waals surface area contributed by atoms with Crippen molar-refractivity contribution < 1.29 is 0 Å². The molecule has 0 unspecified atom stereocenters. The molecule has 0 radical (unpaired) electrons. The van der Waals surface area contributed by atoms with Crippen LogP contribution in [0.3, 0.4) is 0 Å². The molecule has 1 heterocycles. The van der Waals surface area contributed by atoms with Crippen LogP contribution in [0.1, 0.15) is 37.6 Å². The van der Waals surface area contributed by atoms with Crippen LogP contribution < -0.4 is 0 Å². The number of hydrogen-bond donors (Lipinski definition) is 0. The standard InChI is InChI=1S/C26H24S/c1-19-20(2)25(27-21(19)3)26(22-13-7-4-8-14-22,23-15-9-5-10-16-23)24-17-11-6-12-18-24/h4-18H,1-3H3. The molecular weight excluding hydrogens is 344 g/mol. The van der Waals surface area contributed by atoms with Crippen molar-refractivity contribution in [3.8, 4) is 0 Å². The summed E-state index contributed by atoms with van der Waals surface area (Å²) < 4.78 is 0. The summed E-state index contributed by atoms with van der Waals surface area (Å²) in [7, 11) is 0. The van der Waals surface area contributed by atoms with Crippen molar-refractivity contribution in [2.24, 2.45) is 0 Å². The smallest absolute Gasteiger partial charge is 0.0797 e. The molecule has 27 heavy (non-hydrogen) atoms. The molecule has 0 spiro atoms. The highest BCUT2D eigenvalue weighted by Gasteiger charge is 2.41. The van der Waals surface area contributed by atoms with Gasteiger partial charge < -0.3 is 0 Å². The summed E-state index contributed by atoms with van der Waals surface area (Å²) in [6, 6.07) is 32.8. The number of thiophene rings is 1. The molecule has 0 N–H and O–H groups in total. The van der Waals surface area contributed by atoms with Gasteiger partial charge in [0, 0.05) is 9.75 Å². The van der Waals surface area contributed by atoms with E-state index < -0.39 is 0 Å². The highest BCUT2D eigenvalue weighted by Crippen LogP contribution is 2.49. The van der Waals surface area contributed by atoms with Gasteiger partial charge in [-0.3, -0.25) is 0 Å². The van der Waals surface area contributed by atoms with Gasteiger partial charge in [0.2, 0.25) is 0 Å². The van der Waals surface area contributed by atoms with Gasteiger partial charge in [0.25, 0.3) is 0 Å². The summed E-state index contributed by atoms with van der Waals surface area (Å²) in [4.78, 5) is 2.82. The molecular formula is C26H24S. The fourth-order valence-electron chi connectivity index (χ4n) is 4.06. The monoisotopic (exact) mass is 368 g/mol. The lowest BCUT2D eigenvalue weighted by atomic mass is 9.67. The molecule has 1 aromatic heterocycles. The van der Waals surface area contributed by atoms with Crippen molar-refractivity contribution in [2.45, 2.75) is 26.2 Å². The van der Waals surface area contributed by atoms with Crippen LogP contribution in [0, 0.1) is 20.8 Å². The van der Waals surface area contributed by atoms with Crippen LogP contribution in [0.15, 0.2) is 91.0 Å². The summed E-state index contributed by atoms with van der Waals surface area (Å²) in [6.07, 6.45) is 0. The molecule has 0 bridgehead atoms. The minimum absolute atomic E-state index is 0.308. The SMILES string of the molecule is Cc1sc(C(c2ccccc2)(c2ccccc2)c2ccccc2)c(C)c1C. The van der Waals surface area contributed by atoms with E-state index in [9.17, 15) is 0 Å². The maximum Gasteiger partial charge on any atom is 0.0797 e. The Kier molecular flexibility index (Phi) is 4.72. The fourth-order valence-corrected chi connectivity index (χ4v) is 5.48. The maximum atomic E-state index is 2.28. The Morgan fingerprint density at radius 1 is 0.519 bits per heavy atom. The fraction of sp³-hybridized carbons (Fsp3) is 0.154. The lowest BCUT2D eigenvalue weighted by Crippen LogP contribution is -2.30. The van der Waals surface area contributed by atoms with Crippen LogP contribution in [0.4, 0.5) is 0 Å². The number of aryl methyl sites for hydroxylation is 1. The zero-order chi connectivity index (χ0) is 18.9. The quantitative estimate of drug-likeness (QED) is 0.338. The Labute approximate surface area is 166 Å². The third-order valence-electron chi connectivity index (χ3n) is 5.65. The molecule has 1 heteroatoms. The minimum Gasteiger partial charge on any atom is -0.143 e. The third-order valence-corrected chi connectivity index (χ3v) is 7.08. The Balaban J connectivity index is 2.18. The molecule has 0 saturated heterocycles. The van der Waals surface area contributed by atoms with Crippen LogP contribution in [0.2, 0.25) is 0 Å². The van der Waals surface area contributed by atoms with Gasteiger partial charge in [-0.1, -0.05) is 91.0 Å². The first-order valence-corrected chi connectivity index (χ1v) is 10.2. The van der Waals surface area contributed by atoms with Gasteiger partial charge in [-0.15, -0.1) is 11.3 Å². The van der Waals surface area contributed by atoms with Crippen LogP contribution in [-0.4, -0.2) is 0 Å².